The van der Waals surface area contributed by atoms with E-state index >= 15 is 0 Å². The van der Waals surface area contributed by atoms with Crippen molar-refractivity contribution in [3.05, 3.63) is 72.1 Å². The van der Waals surface area contributed by atoms with Crippen molar-refractivity contribution in [3.8, 4) is 11.1 Å². The van der Waals surface area contributed by atoms with Crippen molar-refractivity contribution in [2.75, 3.05) is 31.1 Å². The van der Waals surface area contributed by atoms with Gasteiger partial charge in [-0.1, -0.05) is 18.2 Å². The van der Waals surface area contributed by atoms with Crippen LogP contribution in [0.1, 0.15) is 29.6 Å². The lowest BCUT2D eigenvalue weighted by Crippen LogP contribution is -2.38. The van der Waals surface area contributed by atoms with E-state index in [0.717, 1.165) is 65.4 Å². The van der Waals surface area contributed by atoms with Crippen LogP contribution in [-0.2, 0) is 0 Å². The number of nitrogens with one attached hydrogen (secondary N) is 2. The van der Waals surface area contributed by atoms with Crippen molar-refractivity contribution in [3.63, 3.8) is 0 Å². The number of aromatic amines is 1. The van der Waals surface area contributed by atoms with Crippen molar-refractivity contribution in [2.24, 2.45) is 0 Å². The summed E-state index contributed by atoms with van der Waals surface area (Å²) in [6, 6.07) is 13.2. The molecule has 2 fully saturated rings. The van der Waals surface area contributed by atoms with Crippen LogP contribution < -0.4 is 10.2 Å². The zero-order valence-corrected chi connectivity index (χ0v) is 17.1. The number of H-pyrrole nitrogens is 1. The molecule has 2 aliphatic rings. The van der Waals surface area contributed by atoms with Gasteiger partial charge in [0.05, 0.1) is 11.7 Å². The first-order chi connectivity index (χ1) is 15.3. The molecule has 156 valence electrons. The maximum absolute atomic E-state index is 13.4. The highest BCUT2D eigenvalue weighted by atomic mass is 19.1. The highest BCUT2D eigenvalue weighted by Crippen LogP contribution is 2.38. The zero-order chi connectivity index (χ0) is 20.8. The lowest BCUT2D eigenvalue weighted by atomic mass is 9.88. The molecule has 0 spiro atoms. The third-order valence-electron chi connectivity index (χ3n) is 6.52. The number of hydrogen-bond acceptors (Lipinski definition) is 5. The molecule has 7 heteroatoms. The average Bonchev–Trinajstić information content (AvgIpc) is 3.45. The van der Waals surface area contributed by atoms with Crippen molar-refractivity contribution >= 4 is 16.7 Å². The number of anilines is 1. The second kappa shape index (κ2) is 7.42. The predicted molar refractivity (Wildman–Crippen MR) is 119 cm³/mol. The highest BCUT2D eigenvalue weighted by Gasteiger charge is 2.33. The van der Waals surface area contributed by atoms with E-state index in [9.17, 15) is 4.39 Å². The van der Waals surface area contributed by atoms with Gasteiger partial charge in [0.15, 0.2) is 0 Å². The molecular weight excluding hydrogens is 391 g/mol. The summed E-state index contributed by atoms with van der Waals surface area (Å²) in [4.78, 5) is 12.4. The summed E-state index contributed by atoms with van der Waals surface area (Å²) in [5, 5.41) is 11.5. The molecule has 31 heavy (non-hydrogen) atoms. The van der Waals surface area contributed by atoms with Crippen molar-refractivity contribution in [1.29, 1.82) is 0 Å². The summed E-state index contributed by atoms with van der Waals surface area (Å²) in [7, 11) is 0. The van der Waals surface area contributed by atoms with Gasteiger partial charge in [0.2, 0.25) is 0 Å². The smallest absolute Gasteiger partial charge is 0.140 e. The minimum absolute atomic E-state index is 0.156. The number of halogens is 1. The first kappa shape index (κ1) is 18.4. The van der Waals surface area contributed by atoms with Crippen LogP contribution in [0.2, 0.25) is 0 Å². The summed E-state index contributed by atoms with van der Waals surface area (Å²) < 4.78 is 13.4. The molecule has 4 aromatic rings. The van der Waals surface area contributed by atoms with Gasteiger partial charge in [0, 0.05) is 55.2 Å². The van der Waals surface area contributed by atoms with Crippen LogP contribution in [0.15, 0.2) is 54.9 Å². The largest absolute Gasteiger partial charge is 0.356 e. The van der Waals surface area contributed by atoms with Gasteiger partial charge in [-0.2, -0.15) is 5.10 Å². The van der Waals surface area contributed by atoms with Crippen LogP contribution in [0.3, 0.4) is 0 Å². The Kier molecular flexibility index (Phi) is 4.42. The fourth-order valence-corrected chi connectivity index (χ4v) is 4.66. The van der Waals surface area contributed by atoms with Crippen molar-refractivity contribution < 1.29 is 4.39 Å². The van der Waals surface area contributed by atoms with E-state index in [1.165, 1.54) is 18.6 Å². The fraction of sp³-hybridized carbons (Fsp3) is 0.292. The van der Waals surface area contributed by atoms with E-state index in [1.54, 1.807) is 0 Å². The van der Waals surface area contributed by atoms with Crippen LogP contribution in [0.25, 0.3) is 22.0 Å². The Bertz CT molecular complexity index is 1220. The summed E-state index contributed by atoms with van der Waals surface area (Å²) >= 11 is 0. The lowest BCUT2D eigenvalue weighted by molar-refractivity contribution is 0.594. The van der Waals surface area contributed by atoms with Gasteiger partial charge in [0.25, 0.3) is 0 Å². The maximum atomic E-state index is 13.4. The summed E-state index contributed by atoms with van der Waals surface area (Å²) in [6.07, 6.45) is 4.92. The third kappa shape index (κ3) is 3.25. The van der Waals surface area contributed by atoms with Gasteiger partial charge in [-0.25, -0.2) is 14.4 Å². The molecule has 0 amide bonds. The molecule has 2 N–H and O–H groups in total. The molecule has 6 rings (SSSR count). The first-order valence-corrected chi connectivity index (χ1v) is 10.8. The molecule has 2 aromatic carbocycles. The normalized spacial score (nSPS) is 20.9. The molecular formula is C24H23FN6. The standard InChI is InChI=1S/C24H23FN6/c25-18-5-2-15(3-6-18)20-13-26-14-21(20)23-29-22-7-4-16(17-11-27-28-12-17)10-19(22)24(30-23)31-8-1-9-31/h2-7,10-12,20-21,26H,1,8-9,13-14H2,(H,27,28)/t20-,21+/m0/s1. The maximum Gasteiger partial charge on any atom is 0.140 e. The van der Waals surface area contributed by atoms with Gasteiger partial charge >= 0.3 is 0 Å². The topological polar surface area (TPSA) is 69.7 Å². The molecule has 0 saturated carbocycles. The molecule has 0 unspecified atom stereocenters. The van der Waals surface area contributed by atoms with E-state index in [2.05, 4.69) is 38.6 Å². The van der Waals surface area contributed by atoms with Crippen LogP contribution in [0, 0.1) is 5.82 Å². The average molecular weight is 414 g/mol. The fourth-order valence-electron chi connectivity index (χ4n) is 4.66. The zero-order valence-electron chi connectivity index (χ0n) is 17.1. The second-order valence-corrected chi connectivity index (χ2v) is 8.39. The minimum Gasteiger partial charge on any atom is -0.356 e. The highest BCUT2D eigenvalue weighted by molar-refractivity contribution is 5.93. The molecule has 0 bridgehead atoms. The molecule has 2 atom stereocenters. The Labute approximate surface area is 179 Å². The second-order valence-electron chi connectivity index (χ2n) is 8.39. The SMILES string of the molecule is Fc1ccc([C@@H]2CNC[C@H]2c2nc(N3CCC3)c3cc(-c4cn[nH]c4)ccc3n2)cc1. The molecule has 2 aliphatic heterocycles. The summed E-state index contributed by atoms with van der Waals surface area (Å²) in [5.41, 5.74) is 4.24. The third-order valence-corrected chi connectivity index (χ3v) is 6.52. The van der Waals surface area contributed by atoms with Crippen molar-refractivity contribution in [2.45, 2.75) is 18.3 Å². The van der Waals surface area contributed by atoms with E-state index in [0.29, 0.717) is 0 Å². The molecule has 2 saturated heterocycles. The number of hydrogen-bond donors (Lipinski definition) is 2. The Hall–Kier alpha value is -3.32. The first-order valence-electron chi connectivity index (χ1n) is 10.8. The molecule has 0 radical (unpaired) electrons. The Morgan fingerprint density at radius 2 is 1.77 bits per heavy atom. The van der Waals surface area contributed by atoms with E-state index < -0.39 is 0 Å². The molecule has 2 aromatic heterocycles. The van der Waals surface area contributed by atoms with Gasteiger partial charge in [-0.15, -0.1) is 0 Å². The number of benzene rings is 2. The van der Waals surface area contributed by atoms with Gasteiger partial charge in [0.1, 0.15) is 17.5 Å². The van der Waals surface area contributed by atoms with Gasteiger partial charge in [-0.3, -0.25) is 5.10 Å². The number of aromatic nitrogens is 4. The van der Waals surface area contributed by atoms with Gasteiger partial charge < -0.3 is 10.2 Å². The van der Waals surface area contributed by atoms with E-state index in [4.69, 9.17) is 9.97 Å². The Balaban J connectivity index is 1.44. The van der Waals surface area contributed by atoms with E-state index in [1.807, 2.05) is 24.5 Å². The summed E-state index contributed by atoms with van der Waals surface area (Å²) in [5.74, 6) is 2.06. The van der Waals surface area contributed by atoms with Crippen LogP contribution >= 0.6 is 0 Å². The van der Waals surface area contributed by atoms with Crippen molar-refractivity contribution in [1.82, 2.24) is 25.5 Å². The monoisotopic (exact) mass is 414 g/mol. The molecule has 6 nitrogen and oxygen atoms in total. The van der Waals surface area contributed by atoms with Crippen LogP contribution in [0.5, 0.6) is 0 Å². The lowest BCUT2D eigenvalue weighted by Gasteiger charge is -2.33. The Morgan fingerprint density at radius 3 is 2.52 bits per heavy atom. The van der Waals surface area contributed by atoms with Crippen LogP contribution in [0.4, 0.5) is 10.2 Å². The van der Waals surface area contributed by atoms with E-state index in [-0.39, 0.29) is 17.7 Å². The molecule has 0 aliphatic carbocycles. The predicted octanol–water partition coefficient (Wildman–Crippen LogP) is 3.84. The quantitative estimate of drug-likeness (QED) is 0.531. The number of rotatable bonds is 4. The minimum atomic E-state index is -0.207. The molecule has 4 heterocycles. The summed E-state index contributed by atoms with van der Waals surface area (Å²) in [6.45, 7) is 3.70. The van der Waals surface area contributed by atoms with Crippen LogP contribution in [-0.4, -0.2) is 46.3 Å². The number of nitrogens with zero attached hydrogens (tertiary/aromatic N) is 4. The number of fused-ring (bicyclic) bond motifs is 1. The Morgan fingerprint density at radius 1 is 0.935 bits per heavy atom. The van der Waals surface area contributed by atoms with Gasteiger partial charge in [-0.05, 0) is 41.8 Å².